The van der Waals surface area contributed by atoms with E-state index < -0.39 is 0 Å². The number of amides is 1. The molecular weight excluding hydrogens is 300 g/mol. The molecule has 0 bridgehead atoms. The Hall–Kier alpha value is -2.80. The molecule has 0 aliphatic heterocycles. The molecule has 7 heteroatoms. The van der Waals surface area contributed by atoms with E-state index in [-0.39, 0.29) is 18.0 Å². The summed E-state index contributed by atoms with van der Waals surface area (Å²) in [4.78, 5) is 23.5. The lowest BCUT2D eigenvalue weighted by atomic mass is 10.2. The molecule has 110 valence electrons. The number of carbonyl (C=O) groups is 1. The van der Waals surface area contributed by atoms with Crippen LogP contribution in [0.25, 0.3) is 10.6 Å². The van der Waals surface area contributed by atoms with Gasteiger partial charge in [-0.25, -0.2) is 0 Å². The normalized spacial score (nSPS) is 10.4. The number of pyridine rings is 1. The molecule has 0 aliphatic carbocycles. The van der Waals surface area contributed by atoms with Crippen LogP contribution in [0.5, 0.6) is 0 Å². The van der Waals surface area contributed by atoms with E-state index in [1.165, 1.54) is 22.0 Å². The fourth-order valence-electron chi connectivity index (χ4n) is 1.88. The molecule has 0 aliphatic rings. The van der Waals surface area contributed by atoms with Crippen LogP contribution in [-0.4, -0.2) is 20.7 Å². The van der Waals surface area contributed by atoms with Crippen LogP contribution >= 0.6 is 11.3 Å². The van der Waals surface area contributed by atoms with E-state index in [0.29, 0.717) is 5.13 Å². The van der Waals surface area contributed by atoms with E-state index >= 15 is 0 Å². The summed E-state index contributed by atoms with van der Waals surface area (Å²) >= 11 is 1.29. The van der Waals surface area contributed by atoms with Gasteiger partial charge in [0.2, 0.25) is 11.0 Å². The largest absolute Gasteiger partial charge is 0.306 e. The minimum absolute atomic E-state index is 0.0556. The third-order valence-corrected chi connectivity index (χ3v) is 3.79. The summed E-state index contributed by atoms with van der Waals surface area (Å²) in [6.07, 6.45) is 1.57. The van der Waals surface area contributed by atoms with Crippen LogP contribution in [0, 0.1) is 0 Å². The molecule has 1 amide bonds. The van der Waals surface area contributed by atoms with Crippen LogP contribution in [-0.2, 0) is 11.3 Å². The third-order valence-electron chi connectivity index (χ3n) is 2.91. The van der Waals surface area contributed by atoms with Gasteiger partial charge in [0.05, 0.1) is 0 Å². The smallest absolute Gasteiger partial charge is 0.250 e. The maximum atomic E-state index is 11.9. The summed E-state index contributed by atoms with van der Waals surface area (Å²) in [5, 5.41) is 11.8. The minimum atomic E-state index is -0.316. The second-order valence-electron chi connectivity index (χ2n) is 4.49. The monoisotopic (exact) mass is 312 g/mol. The lowest BCUT2D eigenvalue weighted by molar-refractivity contribution is -0.116. The first-order valence-electron chi connectivity index (χ1n) is 6.56. The summed E-state index contributed by atoms with van der Waals surface area (Å²) in [5.41, 5.74) is 0.722. The Morgan fingerprint density at radius 2 is 1.86 bits per heavy atom. The first-order chi connectivity index (χ1) is 10.7. The maximum absolute atomic E-state index is 11.9. The first kappa shape index (κ1) is 14.2. The van der Waals surface area contributed by atoms with Crippen molar-refractivity contribution < 1.29 is 4.79 Å². The average Bonchev–Trinajstić information content (AvgIpc) is 2.99. The zero-order valence-corrected chi connectivity index (χ0v) is 12.3. The van der Waals surface area contributed by atoms with Crippen LogP contribution in [0.15, 0.2) is 59.5 Å². The number of hydrogen-bond donors (Lipinski definition) is 1. The predicted octanol–water partition coefficient (Wildman–Crippen LogP) is 2.01. The van der Waals surface area contributed by atoms with Crippen molar-refractivity contribution in [2.75, 3.05) is 5.32 Å². The van der Waals surface area contributed by atoms with Crippen molar-refractivity contribution in [1.82, 2.24) is 14.8 Å². The van der Waals surface area contributed by atoms with E-state index in [9.17, 15) is 9.59 Å². The van der Waals surface area contributed by atoms with Crippen molar-refractivity contribution in [2.45, 2.75) is 6.54 Å². The Morgan fingerprint density at radius 1 is 1.09 bits per heavy atom. The Morgan fingerprint density at radius 3 is 2.64 bits per heavy atom. The van der Waals surface area contributed by atoms with Gasteiger partial charge in [-0.15, -0.1) is 10.2 Å². The van der Waals surface area contributed by atoms with Gasteiger partial charge in [0.1, 0.15) is 11.6 Å². The fourth-order valence-corrected chi connectivity index (χ4v) is 2.64. The molecule has 3 aromatic rings. The summed E-state index contributed by atoms with van der Waals surface area (Å²) < 4.78 is 1.33. The second-order valence-corrected chi connectivity index (χ2v) is 5.47. The highest BCUT2D eigenvalue weighted by atomic mass is 32.1. The number of hydrogen-bond acceptors (Lipinski definition) is 5. The summed E-state index contributed by atoms with van der Waals surface area (Å²) in [5.74, 6) is -0.316. The molecule has 22 heavy (non-hydrogen) atoms. The number of nitrogens with one attached hydrogen (secondary N) is 1. The van der Waals surface area contributed by atoms with Gasteiger partial charge < -0.3 is 4.57 Å². The zero-order valence-electron chi connectivity index (χ0n) is 11.5. The van der Waals surface area contributed by atoms with Crippen LogP contribution in [0.1, 0.15) is 0 Å². The van der Waals surface area contributed by atoms with E-state index in [1.54, 1.807) is 18.3 Å². The highest BCUT2D eigenvalue weighted by molar-refractivity contribution is 7.18. The molecule has 3 rings (SSSR count). The quantitative estimate of drug-likeness (QED) is 0.799. The third kappa shape index (κ3) is 3.26. The van der Waals surface area contributed by atoms with E-state index in [2.05, 4.69) is 15.5 Å². The van der Waals surface area contributed by atoms with Crippen molar-refractivity contribution in [3.63, 3.8) is 0 Å². The van der Waals surface area contributed by atoms with Gasteiger partial charge in [-0.1, -0.05) is 47.7 Å². The van der Waals surface area contributed by atoms with Crippen LogP contribution < -0.4 is 10.9 Å². The first-order valence-corrected chi connectivity index (χ1v) is 7.38. The van der Waals surface area contributed by atoms with Crippen LogP contribution in [0.4, 0.5) is 5.13 Å². The molecule has 6 nitrogen and oxygen atoms in total. The lowest BCUT2D eigenvalue weighted by Crippen LogP contribution is -2.26. The number of nitrogens with zero attached hydrogens (tertiary/aromatic N) is 3. The van der Waals surface area contributed by atoms with E-state index in [0.717, 1.165) is 10.6 Å². The van der Waals surface area contributed by atoms with Crippen LogP contribution in [0.3, 0.4) is 0 Å². The van der Waals surface area contributed by atoms with Crippen molar-refractivity contribution in [3.8, 4) is 10.6 Å². The van der Waals surface area contributed by atoms with E-state index in [1.807, 2.05) is 30.3 Å². The number of aromatic nitrogens is 3. The maximum Gasteiger partial charge on any atom is 0.250 e. The number of rotatable bonds is 4. The van der Waals surface area contributed by atoms with E-state index in [4.69, 9.17) is 0 Å². The van der Waals surface area contributed by atoms with Gasteiger partial charge in [0.25, 0.3) is 5.56 Å². The predicted molar refractivity (Wildman–Crippen MR) is 84.7 cm³/mol. The molecule has 0 spiro atoms. The van der Waals surface area contributed by atoms with Gasteiger partial charge in [-0.05, 0) is 6.07 Å². The summed E-state index contributed by atoms with van der Waals surface area (Å²) in [6, 6.07) is 14.3. The Kier molecular flexibility index (Phi) is 4.06. The number of anilines is 1. The van der Waals surface area contributed by atoms with Gasteiger partial charge in [0.15, 0.2) is 0 Å². The van der Waals surface area contributed by atoms with Gasteiger partial charge >= 0.3 is 0 Å². The molecule has 0 atom stereocenters. The SMILES string of the molecule is O=C(Cn1ccccc1=O)Nc1nnc(-c2ccccc2)s1. The molecule has 0 radical (unpaired) electrons. The number of carbonyl (C=O) groups excluding carboxylic acids is 1. The molecule has 2 heterocycles. The van der Waals surface area contributed by atoms with Crippen LogP contribution in [0.2, 0.25) is 0 Å². The Bertz CT molecular complexity index is 842. The Labute approximate surface area is 130 Å². The standard InChI is InChI=1S/C15H12N4O2S/c20-12(10-19-9-5-4-8-13(19)21)16-15-18-17-14(22-15)11-6-2-1-3-7-11/h1-9H,10H2,(H,16,18,20). The molecule has 0 unspecified atom stereocenters. The highest BCUT2D eigenvalue weighted by Gasteiger charge is 2.10. The lowest BCUT2D eigenvalue weighted by Gasteiger charge is -2.03. The molecular formula is C15H12N4O2S. The van der Waals surface area contributed by atoms with Crippen molar-refractivity contribution in [1.29, 1.82) is 0 Å². The average molecular weight is 312 g/mol. The van der Waals surface area contributed by atoms with Gasteiger partial charge in [-0.3, -0.25) is 14.9 Å². The summed E-state index contributed by atoms with van der Waals surface area (Å²) in [6.45, 7) is -0.0556. The zero-order chi connectivity index (χ0) is 15.4. The molecule has 0 saturated heterocycles. The van der Waals surface area contributed by atoms with Crippen molar-refractivity contribution in [2.24, 2.45) is 0 Å². The molecule has 0 saturated carbocycles. The minimum Gasteiger partial charge on any atom is -0.306 e. The fraction of sp³-hybridized carbons (Fsp3) is 0.0667. The van der Waals surface area contributed by atoms with Gasteiger partial charge in [-0.2, -0.15) is 0 Å². The Balaban J connectivity index is 1.69. The van der Waals surface area contributed by atoms with Crippen molar-refractivity contribution in [3.05, 3.63) is 65.1 Å². The van der Waals surface area contributed by atoms with Crippen molar-refractivity contribution >= 4 is 22.4 Å². The van der Waals surface area contributed by atoms with Gasteiger partial charge in [0, 0.05) is 17.8 Å². The molecule has 2 aromatic heterocycles. The molecule has 1 aromatic carbocycles. The molecule has 0 fully saturated rings. The topological polar surface area (TPSA) is 76.9 Å². The molecule has 1 N–H and O–H groups in total. The number of benzene rings is 1. The summed E-state index contributed by atoms with van der Waals surface area (Å²) in [7, 11) is 0. The highest BCUT2D eigenvalue weighted by Crippen LogP contribution is 2.25. The second kappa shape index (κ2) is 6.31.